The first kappa shape index (κ1) is 14.0. The summed E-state index contributed by atoms with van der Waals surface area (Å²) in [5.41, 5.74) is -0.641. The first-order valence-electron chi connectivity index (χ1n) is 5.82. The zero-order valence-electron chi connectivity index (χ0n) is 9.79. The highest BCUT2D eigenvalue weighted by Gasteiger charge is 2.51. The van der Waals surface area contributed by atoms with E-state index in [0.717, 1.165) is 6.42 Å². The summed E-state index contributed by atoms with van der Waals surface area (Å²) in [7, 11) is 0. The van der Waals surface area contributed by atoms with Crippen LogP contribution in [0.2, 0.25) is 0 Å². The smallest absolute Gasteiger partial charge is 0.267 e. The summed E-state index contributed by atoms with van der Waals surface area (Å²) in [4.78, 5) is 4.20. The number of aliphatic hydroxyl groups is 2. The molecule has 2 rings (SSSR count). The molecule has 0 saturated carbocycles. The van der Waals surface area contributed by atoms with Crippen molar-refractivity contribution in [1.29, 1.82) is 0 Å². The molecule has 0 aromatic heterocycles. The monoisotopic (exact) mass is 282 g/mol. The van der Waals surface area contributed by atoms with Crippen molar-refractivity contribution in [3.63, 3.8) is 0 Å². The number of rotatable bonds is 3. The van der Waals surface area contributed by atoms with Crippen molar-refractivity contribution in [3.8, 4) is 0 Å². The van der Waals surface area contributed by atoms with Gasteiger partial charge in [-0.25, -0.2) is 8.78 Å². The molecular formula is C10H16F2N2O3S. The highest BCUT2D eigenvalue weighted by atomic mass is 32.2. The van der Waals surface area contributed by atoms with Crippen molar-refractivity contribution in [1.82, 2.24) is 5.32 Å². The zero-order chi connectivity index (χ0) is 13.3. The Morgan fingerprint density at radius 1 is 1.44 bits per heavy atom. The Balaban J connectivity index is 2.07. The zero-order valence-corrected chi connectivity index (χ0v) is 10.6. The van der Waals surface area contributed by atoms with Crippen molar-refractivity contribution in [2.24, 2.45) is 4.99 Å². The molecule has 0 amide bonds. The number of aliphatic imine (C=N–C) groups is 1. The third kappa shape index (κ3) is 2.61. The van der Waals surface area contributed by atoms with E-state index in [-0.39, 0.29) is 0 Å². The third-order valence-corrected chi connectivity index (χ3v) is 3.99. The number of aliphatic hydroxyl groups excluding tert-OH is 2. The van der Waals surface area contributed by atoms with Gasteiger partial charge in [0.1, 0.15) is 23.7 Å². The van der Waals surface area contributed by atoms with E-state index in [1.165, 1.54) is 11.8 Å². The SMILES string of the molecule is CCCN=C1N[C@@H]2[C@@H](O)[C@H](O)C(C(F)F)O[C@@H]2S1. The van der Waals surface area contributed by atoms with Gasteiger partial charge in [0, 0.05) is 6.54 Å². The van der Waals surface area contributed by atoms with Crippen LogP contribution < -0.4 is 5.32 Å². The Labute approximate surface area is 108 Å². The summed E-state index contributed by atoms with van der Waals surface area (Å²) in [6.07, 6.45) is -6.49. The van der Waals surface area contributed by atoms with Gasteiger partial charge in [0.15, 0.2) is 5.17 Å². The van der Waals surface area contributed by atoms with Gasteiger partial charge in [-0.05, 0) is 6.42 Å². The molecule has 3 N–H and O–H groups in total. The van der Waals surface area contributed by atoms with Crippen LogP contribution in [0.5, 0.6) is 0 Å². The molecule has 2 heterocycles. The van der Waals surface area contributed by atoms with E-state index >= 15 is 0 Å². The van der Waals surface area contributed by atoms with Gasteiger partial charge < -0.3 is 20.3 Å². The van der Waals surface area contributed by atoms with Gasteiger partial charge in [0.05, 0.1) is 6.04 Å². The fraction of sp³-hybridized carbons (Fsp3) is 0.900. The molecule has 0 radical (unpaired) electrons. The van der Waals surface area contributed by atoms with Gasteiger partial charge >= 0.3 is 0 Å². The second-order valence-corrected chi connectivity index (χ2v) is 5.35. The number of hydrogen-bond acceptors (Lipinski definition) is 5. The molecule has 2 fully saturated rings. The summed E-state index contributed by atoms with van der Waals surface area (Å²) in [6.45, 7) is 2.59. The number of nitrogens with one attached hydrogen (secondary N) is 1. The maximum Gasteiger partial charge on any atom is 0.267 e. The molecule has 0 bridgehead atoms. The Bertz CT molecular complexity index is 332. The molecule has 0 aliphatic carbocycles. The number of fused-ring (bicyclic) bond motifs is 1. The number of nitrogens with zero attached hydrogens (tertiary/aromatic N) is 1. The van der Waals surface area contributed by atoms with Crippen LogP contribution in [-0.2, 0) is 4.74 Å². The second kappa shape index (κ2) is 5.68. The summed E-state index contributed by atoms with van der Waals surface area (Å²) in [6, 6.07) is -0.601. The van der Waals surface area contributed by atoms with E-state index in [0.29, 0.717) is 11.7 Å². The lowest BCUT2D eigenvalue weighted by molar-refractivity contribution is -0.195. The topological polar surface area (TPSA) is 74.1 Å². The van der Waals surface area contributed by atoms with Crippen LogP contribution >= 0.6 is 11.8 Å². The Morgan fingerprint density at radius 2 is 2.17 bits per heavy atom. The predicted molar refractivity (Wildman–Crippen MR) is 63.8 cm³/mol. The Kier molecular flexibility index (Phi) is 4.41. The largest absolute Gasteiger partial charge is 0.388 e. The van der Waals surface area contributed by atoms with Crippen LogP contribution in [0.4, 0.5) is 8.78 Å². The van der Waals surface area contributed by atoms with E-state index < -0.39 is 36.2 Å². The van der Waals surface area contributed by atoms with Crippen molar-refractivity contribution >= 4 is 16.9 Å². The molecule has 2 aliphatic heterocycles. The Morgan fingerprint density at radius 3 is 2.78 bits per heavy atom. The van der Waals surface area contributed by atoms with Crippen molar-refractivity contribution in [2.75, 3.05) is 6.54 Å². The number of thioether (sulfide) groups is 1. The second-order valence-electron chi connectivity index (χ2n) is 4.26. The average molecular weight is 282 g/mol. The molecule has 18 heavy (non-hydrogen) atoms. The van der Waals surface area contributed by atoms with Gasteiger partial charge in [-0.2, -0.15) is 0 Å². The van der Waals surface area contributed by atoms with E-state index in [4.69, 9.17) is 4.74 Å². The number of amidine groups is 1. The van der Waals surface area contributed by atoms with Gasteiger partial charge in [-0.1, -0.05) is 18.7 Å². The maximum atomic E-state index is 12.6. The number of hydrogen-bond donors (Lipinski definition) is 3. The maximum absolute atomic E-state index is 12.6. The summed E-state index contributed by atoms with van der Waals surface area (Å²) < 4.78 is 30.4. The summed E-state index contributed by atoms with van der Waals surface area (Å²) in [5.74, 6) is 0. The van der Waals surface area contributed by atoms with E-state index in [1.54, 1.807) is 0 Å². The van der Waals surface area contributed by atoms with Crippen LogP contribution in [-0.4, -0.2) is 58.1 Å². The molecule has 1 unspecified atom stereocenters. The Hall–Kier alpha value is -0.440. The highest BCUT2D eigenvalue weighted by molar-refractivity contribution is 8.14. The van der Waals surface area contributed by atoms with Gasteiger partial charge in [-0.3, -0.25) is 4.99 Å². The molecule has 5 atom stereocenters. The van der Waals surface area contributed by atoms with Gasteiger partial charge in [0.2, 0.25) is 0 Å². The normalized spacial score (nSPS) is 42.1. The van der Waals surface area contributed by atoms with E-state index in [2.05, 4.69) is 10.3 Å². The third-order valence-electron chi connectivity index (χ3n) is 2.88. The fourth-order valence-electron chi connectivity index (χ4n) is 1.93. The number of ether oxygens (including phenoxy) is 1. The lowest BCUT2D eigenvalue weighted by atomic mass is 9.98. The lowest BCUT2D eigenvalue weighted by Gasteiger charge is -2.38. The minimum Gasteiger partial charge on any atom is -0.388 e. The van der Waals surface area contributed by atoms with Crippen LogP contribution in [0.25, 0.3) is 0 Å². The predicted octanol–water partition coefficient (Wildman–Crippen LogP) is 0.169. The van der Waals surface area contributed by atoms with Gasteiger partial charge in [0.25, 0.3) is 6.43 Å². The minimum absolute atomic E-state index is 0.563. The highest BCUT2D eigenvalue weighted by Crippen LogP contribution is 2.35. The first-order chi connectivity index (χ1) is 8.54. The standard InChI is InChI=1S/C10H16F2N2O3S/c1-2-3-13-10-14-4-5(15)6(16)7(8(11)12)17-9(4)18-10/h4-9,15-16H,2-3H2,1H3,(H,13,14)/t4-,5-,6+,7?,9-/m1/s1. The van der Waals surface area contributed by atoms with Crippen molar-refractivity contribution in [2.45, 2.75) is 49.6 Å². The molecule has 8 heteroatoms. The van der Waals surface area contributed by atoms with Crippen LogP contribution in [0.3, 0.4) is 0 Å². The van der Waals surface area contributed by atoms with Crippen molar-refractivity contribution in [3.05, 3.63) is 0 Å². The lowest BCUT2D eigenvalue weighted by Crippen LogP contribution is -2.60. The fourth-order valence-corrected chi connectivity index (χ4v) is 3.08. The van der Waals surface area contributed by atoms with Crippen molar-refractivity contribution < 1.29 is 23.7 Å². The summed E-state index contributed by atoms with van der Waals surface area (Å²) >= 11 is 1.17. The minimum atomic E-state index is -2.83. The number of halogens is 2. The molecule has 104 valence electrons. The number of alkyl halides is 2. The van der Waals surface area contributed by atoms with Gasteiger partial charge in [-0.15, -0.1) is 0 Å². The first-order valence-corrected chi connectivity index (χ1v) is 6.70. The quantitative estimate of drug-likeness (QED) is 0.688. The molecule has 0 aromatic rings. The van der Waals surface area contributed by atoms with E-state index in [9.17, 15) is 19.0 Å². The summed E-state index contributed by atoms with van der Waals surface area (Å²) in [5, 5.41) is 22.9. The van der Waals surface area contributed by atoms with Crippen LogP contribution in [0, 0.1) is 0 Å². The molecular weight excluding hydrogens is 266 g/mol. The molecule has 0 aromatic carbocycles. The molecule has 0 spiro atoms. The molecule has 2 saturated heterocycles. The average Bonchev–Trinajstić information content (AvgIpc) is 2.74. The molecule has 5 nitrogen and oxygen atoms in total. The molecule has 2 aliphatic rings. The van der Waals surface area contributed by atoms with E-state index in [1.807, 2.05) is 6.92 Å². The van der Waals surface area contributed by atoms with Crippen LogP contribution in [0.1, 0.15) is 13.3 Å². The van der Waals surface area contributed by atoms with Crippen LogP contribution in [0.15, 0.2) is 4.99 Å².